The van der Waals surface area contributed by atoms with Crippen molar-refractivity contribution in [3.8, 4) is 6.07 Å². The van der Waals surface area contributed by atoms with Crippen LogP contribution in [0.4, 0.5) is 5.69 Å². The van der Waals surface area contributed by atoms with Crippen molar-refractivity contribution in [1.82, 2.24) is 10.0 Å². The number of nitriles is 1. The molecule has 1 atom stereocenters. The van der Waals surface area contributed by atoms with E-state index >= 15 is 0 Å². The summed E-state index contributed by atoms with van der Waals surface area (Å²) in [7, 11) is 0. The highest BCUT2D eigenvalue weighted by Crippen LogP contribution is 2.49. The molecule has 0 amide bonds. The van der Waals surface area contributed by atoms with Crippen LogP contribution in [0, 0.1) is 26.9 Å². The summed E-state index contributed by atoms with van der Waals surface area (Å²) in [6.07, 6.45) is 0.948. The van der Waals surface area contributed by atoms with Gasteiger partial charge < -0.3 is 10.5 Å². The van der Waals surface area contributed by atoms with Gasteiger partial charge in [-0.2, -0.15) is 5.26 Å². The summed E-state index contributed by atoms with van der Waals surface area (Å²) in [6, 6.07) is 8.30. The number of nitrogens with zero attached hydrogens (tertiary/aromatic N) is 4. The van der Waals surface area contributed by atoms with Crippen LogP contribution < -0.4 is 5.73 Å². The maximum Gasteiger partial charge on any atom is 0.269 e. The Morgan fingerprint density at radius 2 is 2.00 bits per heavy atom. The molecule has 1 unspecified atom stereocenters. The number of hydrazine groups is 1. The molecule has 1 aliphatic carbocycles. The molecule has 2 N–H and O–H groups in total. The van der Waals surface area contributed by atoms with E-state index in [0.717, 1.165) is 5.70 Å². The van der Waals surface area contributed by atoms with Gasteiger partial charge in [0.1, 0.15) is 5.82 Å². The standard InChI is InChI=1S/C22H25N5O4/c1-22(2)11-17-20(18(28)12-22)19(14-4-3-5-15(10-14)27(29)30)16(13-23)21(24)26(17)25-6-8-31-9-7-25/h3-5,10,19H,6-9,11-12,24H2,1-2H3. The molecule has 1 aromatic carbocycles. The summed E-state index contributed by atoms with van der Waals surface area (Å²) < 4.78 is 5.47. The van der Waals surface area contributed by atoms with Crippen molar-refractivity contribution in [2.45, 2.75) is 32.6 Å². The Balaban J connectivity index is 1.93. The van der Waals surface area contributed by atoms with E-state index in [-0.39, 0.29) is 28.3 Å². The molecule has 2 aliphatic heterocycles. The molecule has 0 aromatic heterocycles. The van der Waals surface area contributed by atoms with Crippen LogP contribution in [0.1, 0.15) is 38.2 Å². The highest BCUT2D eigenvalue weighted by atomic mass is 16.6. The van der Waals surface area contributed by atoms with Crippen LogP contribution in [0.3, 0.4) is 0 Å². The lowest BCUT2D eigenvalue weighted by molar-refractivity contribution is -0.384. The van der Waals surface area contributed by atoms with E-state index in [4.69, 9.17) is 10.5 Å². The lowest BCUT2D eigenvalue weighted by Gasteiger charge is -2.48. The van der Waals surface area contributed by atoms with Gasteiger partial charge >= 0.3 is 0 Å². The minimum atomic E-state index is -0.721. The third kappa shape index (κ3) is 3.69. The number of carbonyl (C=O) groups excluding carboxylic acids is 1. The average molecular weight is 423 g/mol. The molecule has 0 saturated carbocycles. The zero-order chi connectivity index (χ0) is 22.3. The summed E-state index contributed by atoms with van der Waals surface area (Å²) in [5.74, 6) is -0.507. The van der Waals surface area contributed by atoms with Crippen LogP contribution >= 0.6 is 0 Å². The number of nitro groups is 1. The van der Waals surface area contributed by atoms with Gasteiger partial charge in [-0.3, -0.25) is 19.9 Å². The van der Waals surface area contributed by atoms with Gasteiger partial charge in [0, 0.05) is 42.9 Å². The number of carbonyl (C=O) groups is 1. The van der Waals surface area contributed by atoms with E-state index in [9.17, 15) is 20.2 Å². The maximum absolute atomic E-state index is 13.4. The van der Waals surface area contributed by atoms with Crippen molar-refractivity contribution in [2.75, 3.05) is 26.3 Å². The second kappa shape index (κ2) is 7.80. The number of nitrogens with two attached hydrogens (primary N) is 1. The second-order valence-electron chi connectivity index (χ2n) is 8.87. The number of ether oxygens (including phenoxy) is 1. The van der Waals surface area contributed by atoms with Crippen molar-refractivity contribution in [2.24, 2.45) is 11.1 Å². The molecule has 0 spiro atoms. The number of non-ortho nitro benzene ring substituents is 1. The van der Waals surface area contributed by atoms with E-state index in [0.29, 0.717) is 50.3 Å². The lowest BCUT2D eigenvalue weighted by Crippen LogP contribution is -2.53. The van der Waals surface area contributed by atoms with Gasteiger partial charge in [0.15, 0.2) is 5.78 Å². The summed E-state index contributed by atoms with van der Waals surface area (Å²) in [4.78, 5) is 24.3. The predicted octanol–water partition coefficient (Wildman–Crippen LogP) is 2.58. The normalized spacial score (nSPS) is 24.1. The summed E-state index contributed by atoms with van der Waals surface area (Å²) in [5, 5.41) is 25.2. The Bertz CT molecular complexity index is 1050. The molecule has 3 aliphatic rings. The van der Waals surface area contributed by atoms with E-state index in [1.54, 1.807) is 12.1 Å². The first-order valence-electron chi connectivity index (χ1n) is 10.3. The van der Waals surface area contributed by atoms with Crippen LogP contribution in [-0.2, 0) is 9.53 Å². The highest BCUT2D eigenvalue weighted by molar-refractivity contribution is 6.00. The molecular formula is C22H25N5O4. The molecule has 0 bridgehead atoms. The third-order valence-electron chi connectivity index (χ3n) is 6.04. The van der Waals surface area contributed by atoms with Crippen LogP contribution in [0.15, 0.2) is 46.9 Å². The average Bonchev–Trinajstić information content (AvgIpc) is 2.72. The van der Waals surface area contributed by atoms with Gasteiger partial charge in [-0.1, -0.05) is 26.0 Å². The summed E-state index contributed by atoms with van der Waals surface area (Å²) in [5.41, 5.74) is 8.24. The van der Waals surface area contributed by atoms with E-state index in [1.807, 2.05) is 23.9 Å². The van der Waals surface area contributed by atoms with Crippen molar-refractivity contribution < 1.29 is 14.5 Å². The zero-order valence-corrected chi connectivity index (χ0v) is 17.6. The van der Waals surface area contributed by atoms with Crippen molar-refractivity contribution in [3.05, 3.63) is 62.6 Å². The number of allylic oxidation sites excluding steroid dienone is 3. The van der Waals surface area contributed by atoms with Crippen molar-refractivity contribution in [1.29, 1.82) is 5.26 Å². The van der Waals surface area contributed by atoms with E-state index in [1.165, 1.54) is 12.1 Å². The number of benzene rings is 1. The second-order valence-corrected chi connectivity index (χ2v) is 8.87. The Kier molecular flexibility index (Phi) is 5.29. The molecule has 4 rings (SSSR count). The molecule has 2 heterocycles. The molecule has 162 valence electrons. The largest absolute Gasteiger partial charge is 0.383 e. The van der Waals surface area contributed by atoms with Crippen LogP contribution in [0.5, 0.6) is 0 Å². The number of hydrogen-bond acceptors (Lipinski definition) is 8. The Morgan fingerprint density at radius 3 is 2.65 bits per heavy atom. The number of nitro benzene ring substituents is 1. The van der Waals surface area contributed by atoms with Crippen LogP contribution in [0.2, 0.25) is 0 Å². The summed E-state index contributed by atoms with van der Waals surface area (Å²) in [6.45, 7) is 6.31. The fourth-order valence-corrected chi connectivity index (χ4v) is 4.72. The first-order valence-corrected chi connectivity index (χ1v) is 10.3. The Labute approximate surface area is 180 Å². The Hall–Kier alpha value is -3.22. The van der Waals surface area contributed by atoms with Gasteiger partial charge in [-0.25, -0.2) is 5.01 Å². The molecule has 9 nitrogen and oxygen atoms in total. The number of Topliss-reactive ketones (excluding diaryl/α,β-unsaturated/α-hetero) is 1. The smallest absolute Gasteiger partial charge is 0.269 e. The molecule has 0 radical (unpaired) electrons. The van der Waals surface area contributed by atoms with Crippen molar-refractivity contribution in [3.63, 3.8) is 0 Å². The SMILES string of the molecule is CC1(C)CC(=O)C2=C(C1)N(N1CCOCC1)C(N)=C(C#N)C2c1cccc([N+](=O)[O-])c1. The minimum Gasteiger partial charge on any atom is -0.383 e. The van der Waals surface area contributed by atoms with Gasteiger partial charge in [-0.15, -0.1) is 0 Å². The van der Waals surface area contributed by atoms with Crippen LogP contribution in [0.25, 0.3) is 0 Å². The number of rotatable bonds is 3. The number of hydrogen-bond donors (Lipinski definition) is 1. The quantitative estimate of drug-likeness (QED) is 0.581. The topological polar surface area (TPSA) is 126 Å². The minimum absolute atomic E-state index is 0.0544. The number of ketones is 1. The molecule has 1 aromatic rings. The third-order valence-corrected chi connectivity index (χ3v) is 6.04. The van der Waals surface area contributed by atoms with Gasteiger partial charge in [-0.05, 0) is 17.4 Å². The first kappa shape index (κ1) is 21.0. The molecule has 9 heteroatoms. The zero-order valence-electron chi connectivity index (χ0n) is 17.6. The predicted molar refractivity (Wildman–Crippen MR) is 112 cm³/mol. The van der Waals surface area contributed by atoms with Crippen LogP contribution in [-0.4, -0.2) is 47.0 Å². The maximum atomic E-state index is 13.4. The highest BCUT2D eigenvalue weighted by Gasteiger charge is 2.46. The molecule has 1 fully saturated rings. The van der Waals surface area contributed by atoms with Gasteiger partial charge in [0.05, 0.1) is 35.7 Å². The molecule has 31 heavy (non-hydrogen) atoms. The van der Waals surface area contributed by atoms with E-state index in [2.05, 4.69) is 6.07 Å². The molecular weight excluding hydrogens is 398 g/mol. The summed E-state index contributed by atoms with van der Waals surface area (Å²) >= 11 is 0. The van der Waals surface area contributed by atoms with Crippen molar-refractivity contribution >= 4 is 11.5 Å². The van der Waals surface area contributed by atoms with Gasteiger partial charge in [0.25, 0.3) is 5.69 Å². The number of morpholine rings is 1. The van der Waals surface area contributed by atoms with E-state index < -0.39 is 10.8 Å². The molecule has 1 saturated heterocycles. The van der Waals surface area contributed by atoms with Gasteiger partial charge in [0.2, 0.25) is 0 Å². The lowest BCUT2D eigenvalue weighted by atomic mass is 9.69. The fourth-order valence-electron chi connectivity index (χ4n) is 4.72. The Morgan fingerprint density at radius 1 is 1.29 bits per heavy atom. The monoisotopic (exact) mass is 423 g/mol. The fraction of sp³-hybridized carbons (Fsp3) is 0.455. The first-order chi connectivity index (χ1) is 14.7.